The van der Waals surface area contributed by atoms with Gasteiger partial charge in [0, 0.05) is 51.6 Å². The molecule has 2 fully saturated rings. The second kappa shape index (κ2) is 16.1. The molecule has 0 N–H and O–H groups in total. The van der Waals surface area contributed by atoms with Gasteiger partial charge in [-0.2, -0.15) is 0 Å². The number of benzene rings is 1. The summed E-state index contributed by atoms with van der Waals surface area (Å²) >= 11 is 0. The number of Topliss-reactive ketones (excluding diaryl/α,β-unsaturated/α-hetero) is 1. The third kappa shape index (κ3) is 10.3. The molecule has 1 aromatic rings. The number of esters is 2. The topological polar surface area (TPSA) is 132 Å². The monoisotopic (exact) mass is 589 g/mol. The van der Waals surface area contributed by atoms with E-state index in [0.29, 0.717) is 50.3 Å². The van der Waals surface area contributed by atoms with E-state index in [0.717, 1.165) is 19.3 Å². The number of hydrogen-bond donors (Lipinski definition) is 0. The van der Waals surface area contributed by atoms with Gasteiger partial charge < -0.3 is 28.7 Å². The molecule has 0 spiro atoms. The largest absolute Gasteiger partial charge is 0.482 e. The van der Waals surface area contributed by atoms with E-state index in [1.165, 1.54) is 13.8 Å². The lowest BCUT2D eigenvalue weighted by molar-refractivity contribution is -0.163. The Balaban J connectivity index is 1.38. The van der Waals surface area contributed by atoms with Crippen molar-refractivity contribution in [1.29, 1.82) is 0 Å². The summed E-state index contributed by atoms with van der Waals surface area (Å²) in [5, 5.41) is 0. The Kier molecular flexibility index (Phi) is 12.6. The molecule has 1 aromatic carbocycles. The molecular formula is C30H43N3O9. The lowest BCUT2D eigenvalue weighted by Crippen LogP contribution is -2.56. The van der Waals surface area contributed by atoms with Gasteiger partial charge in [0.15, 0.2) is 12.4 Å². The molecule has 2 aliphatic heterocycles. The fourth-order valence-corrected chi connectivity index (χ4v) is 5.05. The number of nitrogens with zero attached hydrogens (tertiary/aromatic N) is 3. The molecule has 232 valence electrons. The normalized spacial score (nSPS) is 17.8. The summed E-state index contributed by atoms with van der Waals surface area (Å²) in [6.07, 6.45) is 2.58. The van der Waals surface area contributed by atoms with Crippen LogP contribution in [0.1, 0.15) is 70.2 Å². The molecule has 2 heterocycles. The van der Waals surface area contributed by atoms with Crippen LogP contribution in [-0.2, 0) is 28.6 Å². The molecule has 0 saturated carbocycles. The first-order chi connectivity index (χ1) is 20.0. The van der Waals surface area contributed by atoms with Crippen LogP contribution in [0.15, 0.2) is 24.3 Å². The minimum Gasteiger partial charge on any atom is -0.482 e. The molecule has 0 radical (unpaired) electrons. The molecule has 0 aliphatic carbocycles. The van der Waals surface area contributed by atoms with Gasteiger partial charge in [0.1, 0.15) is 5.75 Å². The third-order valence-electron chi connectivity index (χ3n) is 7.35. The second-order valence-corrected chi connectivity index (χ2v) is 10.7. The van der Waals surface area contributed by atoms with Gasteiger partial charge in [0.2, 0.25) is 12.2 Å². The number of likely N-dealkylation sites (tertiary alicyclic amines) is 1. The summed E-state index contributed by atoms with van der Waals surface area (Å²) in [5.41, 5.74) is 0.454. The van der Waals surface area contributed by atoms with Crippen LogP contribution in [0.5, 0.6) is 5.75 Å². The number of hydrogen-bond acceptors (Lipinski definition) is 10. The first-order valence-electron chi connectivity index (χ1n) is 14.7. The number of carbonyl (C=O) groups is 5. The Hall–Kier alpha value is -3.67. The number of piperidine rings is 1. The third-order valence-corrected chi connectivity index (χ3v) is 7.35. The number of piperazine rings is 1. The zero-order valence-electron chi connectivity index (χ0n) is 25.0. The highest BCUT2D eigenvalue weighted by atomic mass is 16.7. The Morgan fingerprint density at radius 3 is 2.26 bits per heavy atom. The summed E-state index contributed by atoms with van der Waals surface area (Å²) in [7, 11) is 0. The van der Waals surface area contributed by atoms with Crippen LogP contribution in [0.25, 0.3) is 0 Å². The zero-order valence-corrected chi connectivity index (χ0v) is 25.0. The van der Waals surface area contributed by atoms with Crippen molar-refractivity contribution in [2.24, 2.45) is 0 Å². The maximum atomic E-state index is 12.9. The van der Waals surface area contributed by atoms with E-state index in [9.17, 15) is 24.0 Å². The summed E-state index contributed by atoms with van der Waals surface area (Å²) in [5.74, 6) is -0.797. The number of carbonyl (C=O) groups excluding carboxylic acids is 5. The Bertz CT molecular complexity index is 1090. The van der Waals surface area contributed by atoms with Crippen LogP contribution in [0.2, 0.25) is 0 Å². The molecule has 2 amide bonds. The van der Waals surface area contributed by atoms with E-state index < -0.39 is 24.3 Å². The molecule has 2 unspecified atom stereocenters. The van der Waals surface area contributed by atoms with Gasteiger partial charge >= 0.3 is 18.0 Å². The molecule has 42 heavy (non-hydrogen) atoms. The maximum absolute atomic E-state index is 12.9. The highest BCUT2D eigenvalue weighted by Gasteiger charge is 2.33. The van der Waals surface area contributed by atoms with E-state index >= 15 is 0 Å². The number of amides is 2. The SMILES string of the molecule is CCCCC(C)OC(=O)COc1ccc(C(=O)CN2CCN(C3CCN(C(=O)OC(C)OC(C)=O)CC3)CC2=O)cc1. The van der Waals surface area contributed by atoms with E-state index in [2.05, 4.69) is 11.8 Å². The quantitative estimate of drug-likeness (QED) is 0.192. The van der Waals surface area contributed by atoms with Crippen molar-refractivity contribution < 1.29 is 42.9 Å². The van der Waals surface area contributed by atoms with Gasteiger partial charge in [0.25, 0.3) is 0 Å². The van der Waals surface area contributed by atoms with Gasteiger partial charge in [0.05, 0.1) is 19.2 Å². The summed E-state index contributed by atoms with van der Waals surface area (Å²) < 4.78 is 20.8. The maximum Gasteiger partial charge on any atom is 0.412 e. The van der Waals surface area contributed by atoms with Crippen molar-refractivity contribution in [3.05, 3.63) is 29.8 Å². The summed E-state index contributed by atoms with van der Waals surface area (Å²) in [6.45, 7) is 8.70. The molecule has 12 heteroatoms. The van der Waals surface area contributed by atoms with Gasteiger partial charge in [-0.05, 0) is 50.5 Å². The predicted molar refractivity (Wildman–Crippen MR) is 152 cm³/mol. The van der Waals surface area contributed by atoms with Crippen LogP contribution < -0.4 is 4.74 Å². The lowest BCUT2D eigenvalue weighted by atomic mass is 10.0. The summed E-state index contributed by atoms with van der Waals surface area (Å²) in [4.78, 5) is 66.3. The van der Waals surface area contributed by atoms with Crippen molar-refractivity contribution >= 4 is 29.7 Å². The zero-order chi connectivity index (χ0) is 30.6. The summed E-state index contributed by atoms with van der Waals surface area (Å²) in [6, 6.07) is 6.64. The number of rotatable bonds is 13. The Morgan fingerprint density at radius 2 is 1.64 bits per heavy atom. The van der Waals surface area contributed by atoms with Gasteiger partial charge in [-0.25, -0.2) is 9.59 Å². The standard InChI is InChI=1S/C30H43N3O9/c1-5-6-7-21(2)40-29(37)20-39-26-10-8-24(9-11-26)27(35)18-33-17-16-32(19-28(33)36)25-12-14-31(15-13-25)30(38)42-23(4)41-22(3)34/h8-11,21,23,25H,5-7,12-20H2,1-4H3. The van der Waals surface area contributed by atoms with Gasteiger partial charge in [-0.15, -0.1) is 0 Å². The Labute approximate surface area is 247 Å². The molecule has 0 bridgehead atoms. The highest BCUT2D eigenvalue weighted by Crippen LogP contribution is 2.20. The first-order valence-corrected chi connectivity index (χ1v) is 14.7. The first kappa shape index (κ1) is 32.8. The van der Waals surface area contributed by atoms with Crippen molar-refractivity contribution in [2.45, 2.75) is 78.2 Å². The average molecular weight is 590 g/mol. The van der Waals surface area contributed by atoms with Crippen LogP contribution in [0.4, 0.5) is 4.79 Å². The predicted octanol–water partition coefficient (Wildman–Crippen LogP) is 3.02. The van der Waals surface area contributed by atoms with Gasteiger partial charge in [-0.3, -0.25) is 19.3 Å². The fraction of sp³-hybridized carbons (Fsp3) is 0.633. The Morgan fingerprint density at radius 1 is 0.952 bits per heavy atom. The van der Waals surface area contributed by atoms with E-state index in [1.54, 1.807) is 34.1 Å². The highest BCUT2D eigenvalue weighted by molar-refractivity contribution is 5.99. The fourth-order valence-electron chi connectivity index (χ4n) is 5.05. The molecule has 12 nitrogen and oxygen atoms in total. The van der Waals surface area contributed by atoms with E-state index in [4.69, 9.17) is 18.9 Å². The smallest absolute Gasteiger partial charge is 0.412 e. The average Bonchev–Trinajstić information content (AvgIpc) is 2.95. The molecular weight excluding hydrogens is 546 g/mol. The van der Waals surface area contributed by atoms with E-state index in [1.807, 2.05) is 6.92 Å². The van der Waals surface area contributed by atoms with Crippen LogP contribution in [-0.4, -0.2) is 109 Å². The number of unbranched alkanes of at least 4 members (excludes halogenated alkanes) is 1. The molecule has 0 aromatic heterocycles. The van der Waals surface area contributed by atoms with Crippen LogP contribution >= 0.6 is 0 Å². The van der Waals surface area contributed by atoms with Crippen LogP contribution in [0.3, 0.4) is 0 Å². The van der Waals surface area contributed by atoms with Crippen molar-refractivity contribution in [3.8, 4) is 5.75 Å². The van der Waals surface area contributed by atoms with E-state index in [-0.39, 0.29) is 43.5 Å². The minimum absolute atomic E-state index is 0.0142. The molecule has 2 atom stereocenters. The minimum atomic E-state index is -0.952. The van der Waals surface area contributed by atoms with Crippen molar-refractivity contribution in [1.82, 2.24) is 14.7 Å². The lowest BCUT2D eigenvalue weighted by Gasteiger charge is -2.42. The van der Waals surface area contributed by atoms with Crippen molar-refractivity contribution in [3.63, 3.8) is 0 Å². The second-order valence-electron chi connectivity index (χ2n) is 10.7. The van der Waals surface area contributed by atoms with Gasteiger partial charge in [-0.1, -0.05) is 19.8 Å². The van der Waals surface area contributed by atoms with Crippen molar-refractivity contribution in [2.75, 3.05) is 45.9 Å². The molecule has 3 rings (SSSR count). The molecule has 2 saturated heterocycles. The number of ketones is 1. The van der Waals surface area contributed by atoms with Crippen LogP contribution in [0, 0.1) is 0 Å². The number of ether oxygens (including phenoxy) is 4. The molecule has 2 aliphatic rings.